The molecule has 0 aliphatic heterocycles. The molecule has 0 aromatic carbocycles. The lowest BCUT2D eigenvalue weighted by molar-refractivity contribution is 0.455. The summed E-state index contributed by atoms with van der Waals surface area (Å²) in [7, 11) is -3.27. The van der Waals surface area contributed by atoms with Crippen LogP contribution in [0.25, 0.3) is 0 Å². The first-order valence-corrected chi connectivity index (χ1v) is 8.74. The van der Waals surface area contributed by atoms with Gasteiger partial charge in [0, 0.05) is 6.04 Å². The molecular weight excluding hydrogens is 282 g/mol. The molecule has 0 saturated heterocycles. The van der Waals surface area contributed by atoms with Crippen LogP contribution in [0.5, 0.6) is 0 Å². The Bertz CT molecular complexity index is 639. The summed E-state index contributed by atoms with van der Waals surface area (Å²) in [5.41, 5.74) is 0. The van der Waals surface area contributed by atoms with Crippen LogP contribution in [-0.4, -0.2) is 14.5 Å². The van der Waals surface area contributed by atoms with Crippen molar-refractivity contribution in [3.05, 3.63) is 41.2 Å². The van der Waals surface area contributed by atoms with E-state index in [0.717, 1.165) is 5.76 Å². The molecule has 1 saturated carbocycles. The van der Waals surface area contributed by atoms with E-state index < -0.39 is 9.84 Å². The summed E-state index contributed by atoms with van der Waals surface area (Å²) in [6.07, 6.45) is 2.45. The fraction of sp³-hybridized carbons (Fsp3) is 0.385. The fourth-order valence-electron chi connectivity index (χ4n) is 1.83. The maximum atomic E-state index is 12.1. The van der Waals surface area contributed by atoms with Crippen LogP contribution in [0.15, 0.2) is 38.3 Å². The Balaban J connectivity index is 1.66. The second-order valence-electron chi connectivity index (χ2n) is 4.71. The second kappa shape index (κ2) is 5.11. The highest BCUT2D eigenvalue weighted by Gasteiger charge is 2.21. The van der Waals surface area contributed by atoms with Crippen LogP contribution in [-0.2, 0) is 22.1 Å². The molecule has 6 heteroatoms. The van der Waals surface area contributed by atoms with E-state index in [9.17, 15) is 8.42 Å². The lowest BCUT2D eigenvalue weighted by atomic mass is 10.4. The maximum absolute atomic E-state index is 12.1. The number of furan rings is 1. The Hall–Kier alpha value is -1.11. The van der Waals surface area contributed by atoms with Crippen molar-refractivity contribution in [1.29, 1.82) is 0 Å². The van der Waals surface area contributed by atoms with Gasteiger partial charge in [-0.25, -0.2) is 8.42 Å². The Morgan fingerprint density at radius 2 is 2.05 bits per heavy atom. The minimum Gasteiger partial charge on any atom is -0.464 e. The SMILES string of the molecule is O=S(=O)(Cc1ccc(CNC2CC2)o1)c1cccs1. The topological polar surface area (TPSA) is 59.3 Å². The molecule has 0 spiro atoms. The quantitative estimate of drug-likeness (QED) is 0.890. The summed E-state index contributed by atoms with van der Waals surface area (Å²) in [5.74, 6) is 1.22. The molecule has 3 rings (SSSR count). The van der Waals surface area contributed by atoms with E-state index in [0.29, 0.717) is 22.6 Å². The van der Waals surface area contributed by atoms with Gasteiger partial charge in [0.2, 0.25) is 0 Å². The Labute approximate surface area is 116 Å². The first kappa shape index (κ1) is 12.9. The van der Waals surface area contributed by atoms with Gasteiger partial charge in [-0.2, -0.15) is 0 Å². The second-order valence-corrected chi connectivity index (χ2v) is 7.88. The standard InChI is InChI=1S/C13H15NO3S2/c15-19(16,13-2-1-7-18-13)9-12-6-5-11(17-12)8-14-10-3-4-10/h1-2,5-7,10,14H,3-4,8-9H2. The largest absolute Gasteiger partial charge is 0.464 e. The van der Waals surface area contributed by atoms with Gasteiger partial charge in [-0.05, 0) is 36.4 Å². The van der Waals surface area contributed by atoms with Gasteiger partial charge in [-0.15, -0.1) is 11.3 Å². The minimum absolute atomic E-state index is 0.0725. The zero-order valence-corrected chi connectivity index (χ0v) is 12.0. The predicted molar refractivity (Wildman–Crippen MR) is 73.8 cm³/mol. The van der Waals surface area contributed by atoms with Gasteiger partial charge in [-0.3, -0.25) is 0 Å². The third-order valence-electron chi connectivity index (χ3n) is 2.99. The molecule has 0 bridgehead atoms. The number of sulfone groups is 1. The van der Waals surface area contributed by atoms with Crippen molar-refractivity contribution in [2.24, 2.45) is 0 Å². The number of rotatable bonds is 6. The molecule has 1 fully saturated rings. The third kappa shape index (κ3) is 3.26. The van der Waals surface area contributed by atoms with Crippen molar-refractivity contribution in [3.63, 3.8) is 0 Å². The molecule has 2 aromatic heterocycles. The molecule has 0 radical (unpaired) electrons. The molecule has 4 nitrogen and oxygen atoms in total. The van der Waals surface area contributed by atoms with E-state index in [4.69, 9.17) is 4.42 Å². The molecule has 2 heterocycles. The van der Waals surface area contributed by atoms with Crippen LogP contribution in [0.4, 0.5) is 0 Å². The average Bonchev–Trinajstić information content (AvgIpc) is 2.87. The Morgan fingerprint density at radius 1 is 1.26 bits per heavy atom. The van der Waals surface area contributed by atoms with Gasteiger partial charge in [0.05, 0.1) is 6.54 Å². The van der Waals surface area contributed by atoms with E-state index in [2.05, 4.69) is 5.32 Å². The molecule has 2 aromatic rings. The van der Waals surface area contributed by atoms with Crippen molar-refractivity contribution in [1.82, 2.24) is 5.32 Å². The van der Waals surface area contributed by atoms with Crippen LogP contribution in [0.3, 0.4) is 0 Å². The van der Waals surface area contributed by atoms with Crippen LogP contribution in [0.1, 0.15) is 24.4 Å². The van der Waals surface area contributed by atoms with Crippen molar-refractivity contribution in [3.8, 4) is 0 Å². The molecule has 19 heavy (non-hydrogen) atoms. The summed E-state index contributed by atoms with van der Waals surface area (Å²) >= 11 is 1.24. The van der Waals surface area contributed by atoms with Crippen LogP contribution >= 0.6 is 11.3 Å². The number of hydrogen-bond acceptors (Lipinski definition) is 5. The summed E-state index contributed by atoms with van der Waals surface area (Å²) < 4.78 is 30.1. The number of nitrogens with one attached hydrogen (secondary N) is 1. The number of hydrogen-bond donors (Lipinski definition) is 1. The van der Waals surface area contributed by atoms with Crippen LogP contribution < -0.4 is 5.32 Å². The first-order valence-electron chi connectivity index (χ1n) is 6.21. The Kier molecular flexibility index (Phi) is 3.47. The van der Waals surface area contributed by atoms with Gasteiger partial charge in [-0.1, -0.05) is 6.07 Å². The zero-order chi connectivity index (χ0) is 13.3. The lowest BCUT2D eigenvalue weighted by Gasteiger charge is -2.00. The maximum Gasteiger partial charge on any atom is 0.194 e. The van der Waals surface area contributed by atoms with Gasteiger partial charge >= 0.3 is 0 Å². The van der Waals surface area contributed by atoms with Gasteiger partial charge in [0.1, 0.15) is 21.5 Å². The van der Waals surface area contributed by atoms with Crippen molar-refractivity contribution < 1.29 is 12.8 Å². The van der Waals surface area contributed by atoms with E-state index in [1.165, 1.54) is 24.2 Å². The van der Waals surface area contributed by atoms with Crippen molar-refractivity contribution in [2.45, 2.75) is 35.4 Å². The minimum atomic E-state index is -3.27. The number of thiophene rings is 1. The molecule has 0 atom stereocenters. The fourth-order valence-corrected chi connectivity index (χ4v) is 4.16. The highest BCUT2D eigenvalue weighted by Crippen LogP contribution is 2.23. The van der Waals surface area contributed by atoms with Crippen LogP contribution in [0, 0.1) is 0 Å². The molecule has 1 aliphatic rings. The average molecular weight is 297 g/mol. The predicted octanol–water partition coefficient (Wildman–Crippen LogP) is 2.57. The highest BCUT2D eigenvalue weighted by atomic mass is 32.2. The summed E-state index contributed by atoms with van der Waals surface area (Å²) in [5, 5.41) is 5.10. The molecule has 0 amide bonds. The van der Waals surface area contributed by atoms with Crippen molar-refractivity contribution in [2.75, 3.05) is 0 Å². The molecule has 1 aliphatic carbocycles. The lowest BCUT2D eigenvalue weighted by Crippen LogP contribution is -2.14. The van der Waals surface area contributed by atoms with E-state index >= 15 is 0 Å². The Morgan fingerprint density at radius 3 is 2.74 bits per heavy atom. The molecule has 102 valence electrons. The van der Waals surface area contributed by atoms with E-state index in [-0.39, 0.29) is 5.75 Å². The van der Waals surface area contributed by atoms with E-state index in [1.807, 2.05) is 6.07 Å². The monoisotopic (exact) mass is 297 g/mol. The summed E-state index contributed by atoms with van der Waals surface area (Å²) in [6.45, 7) is 0.670. The molecule has 0 unspecified atom stereocenters. The third-order valence-corrected chi connectivity index (χ3v) is 6.12. The molecule has 1 N–H and O–H groups in total. The van der Waals surface area contributed by atoms with Gasteiger partial charge < -0.3 is 9.73 Å². The summed E-state index contributed by atoms with van der Waals surface area (Å²) in [6, 6.07) is 7.57. The zero-order valence-electron chi connectivity index (χ0n) is 10.3. The van der Waals surface area contributed by atoms with Crippen LogP contribution in [0.2, 0.25) is 0 Å². The van der Waals surface area contributed by atoms with Gasteiger partial charge in [0.15, 0.2) is 9.84 Å². The van der Waals surface area contributed by atoms with Gasteiger partial charge in [0.25, 0.3) is 0 Å². The first-order chi connectivity index (χ1) is 9.13. The van der Waals surface area contributed by atoms with Crippen molar-refractivity contribution >= 4 is 21.2 Å². The normalized spacial score (nSPS) is 15.8. The smallest absolute Gasteiger partial charge is 0.194 e. The highest BCUT2D eigenvalue weighted by molar-refractivity contribution is 7.92. The molecular formula is C13H15NO3S2. The van der Waals surface area contributed by atoms with E-state index in [1.54, 1.807) is 23.6 Å². The summed E-state index contributed by atoms with van der Waals surface area (Å²) in [4.78, 5) is 0.